The highest BCUT2D eigenvalue weighted by atomic mass is 16.2. The van der Waals surface area contributed by atoms with Gasteiger partial charge in [-0.3, -0.25) is 9.59 Å². The molecule has 0 saturated carbocycles. The zero-order valence-electron chi connectivity index (χ0n) is 10.9. The highest BCUT2D eigenvalue weighted by molar-refractivity contribution is 6.02. The second-order valence-electron chi connectivity index (χ2n) is 3.99. The van der Waals surface area contributed by atoms with Gasteiger partial charge in [0.1, 0.15) is 5.82 Å². The van der Waals surface area contributed by atoms with Gasteiger partial charge in [-0.15, -0.1) is 10.2 Å². The van der Waals surface area contributed by atoms with Crippen molar-refractivity contribution < 1.29 is 4.79 Å². The van der Waals surface area contributed by atoms with E-state index in [-0.39, 0.29) is 17.1 Å². The van der Waals surface area contributed by atoms with Gasteiger partial charge in [-0.05, 0) is 24.6 Å². The van der Waals surface area contributed by atoms with Crippen LogP contribution in [0, 0.1) is 0 Å². The maximum Gasteiger partial charge on any atom is 0.277 e. The predicted octanol–water partition coefficient (Wildman–Crippen LogP) is 0.634. The van der Waals surface area contributed by atoms with E-state index in [0.717, 1.165) is 13.0 Å². The number of amides is 1. The van der Waals surface area contributed by atoms with Crippen LogP contribution >= 0.6 is 0 Å². The van der Waals surface area contributed by atoms with Crippen LogP contribution < -0.4 is 16.2 Å². The van der Waals surface area contributed by atoms with Gasteiger partial charge >= 0.3 is 0 Å². The lowest BCUT2D eigenvalue weighted by molar-refractivity contribution is 0.102. The van der Waals surface area contributed by atoms with E-state index < -0.39 is 5.91 Å². The molecule has 1 amide bonds. The van der Waals surface area contributed by atoms with Crippen molar-refractivity contribution in [2.75, 3.05) is 17.2 Å². The predicted molar refractivity (Wildman–Crippen MR) is 73.6 cm³/mol. The third-order valence-electron chi connectivity index (χ3n) is 2.37. The minimum absolute atomic E-state index is 0.167. The van der Waals surface area contributed by atoms with Crippen molar-refractivity contribution in [2.24, 2.45) is 0 Å². The summed E-state index contributed by atoms with van der Waals surface area (Å²) in [5.41, 5.74) is -0.172. The van der Waals surface area contributed by atoms with E-state index in [1.165, 1.54) is 12.1 Å². The molecular weight excluding hydrogens is 260 g/mol. The lowest BCUT2D eigenvalue weighted by Gasteiger charge is -2.04. The first-order valence-corrected chi connectivity index (χ1v) is 6.13. The van der Waals surface area contributed by atoms with E-state index in [1.807, 2.05) is 6.92 Å². The number of anilines is 2. The summed E-state index contributed by atoms with van der Waals surface area (Å²) in [7, 11) is 0. The van der Waals surface area contributed by atoms with Crippen molar-refractivity contribution in [3.8, 4) is 0 Å². The first-order valence-electron chi connectivity index (χ1n) is 6.13. The first-order chi connectivity index (χ1) is 9.69. The molecule has 0 spiro atoms. The molecule has 0 unspecified atom stereocenters. The summed E-state index contributed by atoms with van der Waals surface area (Å²) >= 11 is 0. The zero-order chi connectivity index (χ0) is 14.4. The molecule has 0 atom stereocenters. The van der Waals surface area contributed by atoms with Gasteiger partial charge < -0.3 is 10.6 Å². The molecular formula is C12H14N6O2. The van der Waals surface area contributed by atoms with Crippen molar-refractivity contribution >= 4 is 17.5 Å². The number of aromatic amines is 1. The minimum Gasteiger partial charge on any atom is -0.369 e. The molecule has 104 valence electrons. The average molecular weight is 274 g/mol. The topological polar surface area (TPSA) is 113 Å². The lowest BCUT2D eigenvalue weighted by atomic mass is 10.3. The number of carbonyl (C=O) groups is 1. The number of H-pyrrole nitrogens is 1. The first kappa shape index (κ1) is 13.7. The quantitative estimate of drug-likeness (QED) is 0.737. The fourth-order valence-electron chi connectivity index (χ4n) is 1.40. The van der Waals surface area contributed by atoms with Crippen molar-refractivity contribution in [1.82, 2.24) is 20.4 Å². The van der Waals surface area contributed by atoms with Gasteiger partial charge in [0, 0.05) is 12.6 Å². The average Bonchev–Trinajstić information content (AvgIpc) is 2.48. The molecule has 0 fully saturated rings. The van der Waals surface area contributed by atoms with Gasteiger partial charge in [-0.1, -0.05) is 6.92 Å². The van der Waals surface area contributed by atoms with E-state index in [2.05, 4.69) is 31.0 Å². The van der Waals surface area contributed by atoms with Gasteiger partial charge in [-0.25, -0.2) is 5.10 Å². The molecule has 20 heavy (non-hydrogen) atoms. The van der Waals surface area contributed by atoms with Crippen molar-refractivity contribution in [2.45, 2.75) is 13.3 Å². The standard InChI is InChI=1S/C12H14N6O2/c1-2-7-13-9-4-3-8(15-16-9)12(20)14-10-5-6-11(19)18-17-10/h3-6H,2,7H2,1H3,(H,13,16)(H,18,19)(H,14,17,20). The summed E-state index contributed by atoms with van der Waals surface area (Å²) < 4.78 is 0. The Morgan fingerprint density at radius 3 is 2.60 bits per heavy atom. The molecule has 0 aliphatic heterocycles. The molecule has 0 aromatic carbocycles. The summed E-state index contributed by atoms with van der Waals surface area (Å²) in [6.45, 7) is 2.83. The molecule has 0 saturated heterocycles. The third-order valence-corrected chi connectivity index (χ3v) is 2.37. The molecule has 0 aliphatic rings. The fourth-order valence-corrected chi connectivity index (χ4v) is 1.40. The fraction of sp³-hybridized carbons (Fsp3) is 0.250. The van der Waals surface area contributed by atoms with Crippen LogP contribution in [-0.4, -0.2) is 32.8 Å². The van der Waals surface area contributed by atoms with Crippen LogP contribution in [0.25, 0.3) is 0 Å². The molecule has 2 heterocycles. The number of hydrogen-bond acceptors (Lipinski definition) is 6. The zero-order valence-corrected chi connectivity index (χ0v) is 10.9. The molecule has 8 nitrogen and oxygen atoms in total. The van der Waals surface area contributed by atoms with Crippen LogP contribution in [0.5, 0.6) is 0 Å². The molecule has 2 aromatic rings. The highest BCUT2D eigenvalue weighted by Gasteiger charge is 2.09. The van der Waals surface area contributed by atoms with E-state index in [9.17, 15) is 9.59 Å². The van der Waals surface area contributed by atoms with Gasteiger partial charge in [0.15, 0.2) is 11.5 Å². The van der Waals surface area contributed by atoms with E-state index in [4.69, 9.17) is 0 Å². The van der Waals surface area contributed by atoms with Crippen LogP contribution in [0.2, 0.25) is 0 Å². The smallest absolute Gasteiger partial charge is 0.277 e. The molecule has 0 radical (unpaired) electrons. The van der Waals surface area contributed by atoms with Crippen LogP contribution in [0.15, 0.2) is 29.1 Å². The largest absolute Gasteiger partial charge is 0.369 e. The van der Waals surface area contributed by atoms with Gasteiger partial charge in [0.2, 0.25) is 0 Å². The Hall–Kier alpha value is -2.77. The second-order valence-corrected chi connectivity index (χ2v) is 3.99. The lowest BCUT2D eigenvalue weighted by Crippen LogP contribution is -2.17. The van der Waals surface area contributed by atoms with Crippen molar-refractivity contribution in [1.29, 1.82) is 0 Å². The summed E-state index contributed by atoms with van der Waals surface area (Å²) in [5, 5.41) is 19.2. The van der Waals surface area contributed by atoms with Crippen LogP contribution in [0.3, 0.4) is 0 Å². The number of hydrogen-bond donors (Lipinski definition) is 3. The molecule has 0 bridgehead atoms. The van der Waals surface area contributed by atoms with Gasteiger partial charge in [-0.2, -0.15) is 5.10 Å². The number of rotatable bonds is 5. The Balaban J connectivity index is 2.01. The number of nitrogens with zero attached hydrogens (tertiary/aromatic N) is 3. The Morgan fingerprint density at radius 1 is 1.20 bits per heavy atom. The molecule has 2 aromatic heterocycles. The molecule has 3 N–H and O–H groups in total. The van der Waals surface area contributed by atoms with E-state index in [0.29, 0.717) is 5.82 Å². The third kappa shape index (κ3) is 3.61. The summed E-state index contributed by atoms with van der Waals surface area (Å²) in [5.74, 6) is 0.411. The monoisotopic (exact) mass is 274 g/mol. The van der Waals surface area contributed by atoms with E-state index >= 15 is 0 Å². The Kier molecular flexibility index (Phi) is 4.38. The van der Waals surface area contributed by atoms with Crippen molar-refractivity contribution in [3.63, 3.8) is 0 Å². The van der Waals surface area contributed by atoms with Crippen molar-refractivity contribution in [3.05, 3.63) is 40.3 Å². The normalized spacial score (nSPS) is 10.1. The summed E-state index contributed by atoms with van der Waals surface area (Å²) in [6.07, 6.45) is 0.974. The molecule has 2 rings (SSSR count). The van der Waals surface area contributed by atoms with Crippen LogP contribution in [0.1, 0.15) is 23.8 Å². The molecule has 8 heteroatoms. The Labute approximate surface area is 114 Å². The SMILES string of the molecule is CCCNc1ccc(C(=O)Nc2ccc(=O)[nH]n2)nn1. The maximum atomic E-state index is 11.9. The second kappa shape index (κ2) is 6.41. The maximum absolute atomic E-state index is 11.9. The van der Waals surface area contributed by atoms with E-state index in [1.54, 1.807) is 12.1 Å². The van der Waals surface area contributed by atoms with Gasteiger partial charge in [0.05, 0.1) is 0 Å². The number of nitrogens with one attached hydrogen (secondary N) is 3. The minimum atomic E-state index is -0.445. The number of carbonyl (C=O) groups excluding carboxylic acids is 1. The summed E-state index contributed by atoms with van der Waals surface area (Å²) in [4.78, 5) is 22.7. The van der Waals surface area contributed by atoms with Crippen LogP contribution in [-0.2, 0) is 0 Å². The number of aromatic nitrogens is 4. The summed E-state index contributed by atoms with van der Waals surface area (Å²) in [6, 6.07) is 5.91. The molecule has 0 aliphatic carbocycles. The van der Waals surface area contributed by atoms with Gasteiger partial charge in [0.25, 0.3) is 11.5 Å². The van der Waals surface area contributed by atoms with Crippen LogP contribution in [0.4, 0.5) is 11.6 Å². The Bertz CT molecular complexity index is 617. The Morgan fingerprint density at radius 2 is 2.00 bits per heavy atom. The highest BCUT2D eigenvalue weighted by Crippen LogP contribution is 2.04.